The molecule has 6 nitrogen and oxygen atoms in total. The molecule has 0 spiro atoms. The molecule has 1 atom stereocenters. The summed E-state index contributed by atoms with van der Waals surface area (Å²) in [5.41, 5.74) is 6.48. The molecule has 3 heterocycles. The summed E-state index contributed by atoms with van der Waals surface area (Å²) in [4.78, 5) is 18.9. The number of nitrogens with two attached hydrogens (primary N) is 1. The lowest BCUT2D eigenvalue weighted by atomic mass is 10.2. The lowest BCUT2D eigenvalue weighted by Gasteiger charge is -2.10. The maximum atomic E-state index is 12.4. The van der Waals surface area contributed by atoms with Crippen LogP contribution in [0, 0.1) is 6.92 Å². The van der Waals surface area contributed by atoms with Crippen molar-refractivity contribution >= 4 is 44.5 Å². The quantitative estimate of drug-likeness (QED) is 0.773. The molecule has 108 valence electrons. The highest BCUT2D eigenvalue weighted by molar-refractivity contribution is 7.21. The van der Waals surface area contributed by atoms with Gasteiger partial charge in [0.25, 0.3) is 5.91 Å². The highest BCUT2D eigenvalue weighted by Gasteiger charge is 2.20. The van der Waals surface area contributed by atoms with Crippen molar-refractivity contribution in [2.24, 2.45) is 0 Å². The van der Waals surface area contributed by atoms with Gasteiger partial charge in [-0.3, -0.25) is 4.79 Å². The van der Waals surface area contributed by atoms with Crippen LogP contribution >= 0.6 is 22.7 Å². The van der Waals surface area contributed by atoms with Crippen LogP contribution in [0.15, 0.2) is 18.5 Å². The van der Waals surface area contributed by atoms with E-state index in [0.717, 1.165) is 15.3 Å². The maximum Gasteiger partial charge on any atom is 0.264 e. The van der Waals surface area contributed by atoms with Gasteiger partial charge in [0, 0.05) is 16.5 Å². The first-order valence-electron chi connectivity index (χ1n) is 6.29. The molecule has 0 saturated heterocycles. The van der Waals surface area contributed by atoms with Crippen molar-refractivity contribution in [3.63, 3.8) is 0 Å². The van der Waals surface area contributed by atoms with E-state index < -0.39 is 0 Å². The number of carbonyl (C=O) groups is 1. The Morgan fingerprint density at radius 3 is 2.90 bits per heavy atom. The first kappa shape index (κ1) is 13.9. The third-order valence-corrected chi connectivity index (χ3v) is 5.18. The standard InChI is InChI=1S/C13H13N5OS2/c1-6-5-15-12(20-6)7(2)17-11(19)10-9(14)8-3-4-16-18-13(8)21-10/h3-5,7H,14H2,1-2H3,(H,17,19). The van der Waals surface area contributed by atoms with Crippen LogP contribution in [0.3, 0.4) is 0 Å². The molecule has 3 aromatic rings. The summed E-state index contributed by atoms with van der Waals surface area (Å²) in [5.74, 6) is -0.212. The first-order valence-corrected chi connectivity index (χ1v) is 7.92. The first-order chi connectivity index (χ1) is 10.1. The van der Waals surface area contributed by atoms with Crippen molar-refractivity contribution in [1.82, 2.24) is 20.5 Å². The summed E-state index contributed by atoms with van der Waals surface area (Å²) >= 11 is 2.81. The average Bonchev–Trinajstić information content (AvgIpc) is 3.04. The van der Waals surface area contributed by atoms with E-state index in [9.17, 15) is 4.79 Å². The topological polar surface area (TPSA) is 93.8 Å². The number of hydrogen-bond donors (Lipinski definition) is 2. The highest BCUT2D eigenvalue weighted by atomic mass is 32.1. The number of anilines is 1. The molecule has 21 heavy (non-hydrogen) atoms. The predicted molar refractivity (Wildman–Crippen MR) is 84.6 cm³/mol. The van der Waals surface area contributed by atoms with Gasteiger partial charge in [0.05, 0.1) is 17.9 Å². The van der Waals surface area contributed by atoms with E-state index in [1.54, 1.807) is 29.8 Å². The Bertz CT molecular complexity index is 810. The second-order valence-electron chi connectivity index (χ2n) is 4.60. The molecule has 0 bridgehead atoms. The van der Waals surface area contributed by atoms with Gasteiger partial charge >= 0.3 is 0 Å². The Morgan fingerprint density at radius 2 is 2.24 bits per heavy atom. The molecular formula is C13H13N5OS2. The fourth-order valence-electron chi connectivity index (χ4n) is 1.94. The third-order valence-electron chi connectivity index (χ3n) is 2.98. The van der Waals surface area contributed by atoms with E-state index in [0.29, 0.717) is 15.4 Å². The molecular weight excluding hydrogens is 306 g/mol. The van der Waals surface area contributed by atoms with Gasteiger partial charge in [-0.2, -0.15) is 5.10 Å². The number of nitrogens with one attached hydrogen (secondary N) is 1. The van der Waals surface area contributed by atoms with E-state index in [4.69, 9.17) is 5.73 Å². The fraction of sp³-hybridized carbons (Fsp3) is 0.231. The van der Waals surface area contributed by atoms with E-state index in [2.05, 4.69) is 20.5 Å². The van der Waals surface area contributed by atoms with Crippen LogP contribution in [0.5, 0.6) is 0 Å². The van der Waals surface area contributed by atoms with Crippen LogP contribution < -0.4 is 11.1 Å². The van der Waals surface area contributed by atoms with Gasteiger partial charge < -0.3 is 11.1 Å². The molecule has 8 heteroatoms. The SMILES string of the molecule is Cc1cnc(C(C)NC(=O)c2sc3nnccc3c2N)s1. The lowest BCUT2D eigenvalue weighted by molar-refractivity contribution is 0.0945. The molecule has 1 amide bonds. The second-order valence-corrected chi connectivity index (χ2v) is 6.86. The molecule has 0 saturated carbocycles. The van der Waals surface area contributed by atoms with Crippen molar-refractivity contribution in [3.05, 3.63) is 33.2 Å². The number of carbonyl (C=O) groups excluding carboxylic acids is 1. The number of aromatic nitrogens is 3. The minimum atomic E-state index is -0.212. The summed E-state index contributed by atoms with van der Waals surface area (Å²) in [5, 5.41) is 12.3. The van der Waals surface area contributed by atoms with Crippen molar-refractivity contribution < 1.29 is 4.79 Å². The van der Waals surface area contributed by atoms with E-state index in [1.165, 1.54) is 11.3 Å². The van der Waals surface area contributed by atoms with Crippen LogP contribution in [0.2, 0.25) is 0 Å². The van der Waals surface area contributed by atoms with Crippen molar-refractivity contribution in [2.45, 2.75) is 19.9 Å². The van der Waals surface area contributed by atoms with Gasteiger partial charge in [-0.1, -0.05) is 0 Å². The lowest BCUT2D eigenvalue weighted by Crippen LogP contribution is -2.26. The van der Waals surface area contributed by atoms with Crippen molar-refractivity contribution in [2.75, 3.05) is 5.73 Å². The number of amides is 1. The number of nitrogens with zero attached hydrogens (tertiary/aromatic N) is 3. The Balaban J connectivity index is 1.85. The van der Waals surface area contributed by atoms with Gasteiger partial charge in [-0.05, 0) is 19.9 Å². The van der Waals surface area contributed by atoms with Crippen LogP contribution in [-0.4, -0.2) is 21.1 Å². The number of aryl methyl sites for hydroxylation is 1. The Kier molecular flexibility index (Phi) is 3.56. The fourth-order valence-corrected chi connectivity index (χ4v) is 3.66. The summed E-state index contributed by atoms with van der Waals surface area (Å²) in [7, 11) is 0. The predicted octanol–water partition coefficient (Wildman–Crippen LogP) is 2.53. The van der Waals surface area contributed by atoms with Crippen molar-refractivity contribution in [3.8, 4) is 0 Å². The van der Waals surface area contributed by atoms with Crippen LogP contribution in [0.1, 0.15) is 32.5 Å². The number of fused-ring (bicyclic) bond motifs is 1. The number of thiazole rings is 1. The summed E-state index contributed by atoms with van der Waals surface area (Å²) in [6.45, 7) is 3.89. The number of thiophene rings is 1. The van der Waals surface area contributed by atoms with Gasteiger partial charge in [0.15, 0.2) is 0 Å². The third kappa shape index (κ3) is 2.59. The smallest absolute Gasteiger partial charge is 0.264 e. The normalized spacial score (nSPS) is 12.5. The van der Waals surface area contributed by atoms with E-state index >= 15 is 0 Å². The van der Waals surface area contributed by atoms with Gasteiger partial charge in [0.1, 0.15) is 14.7 Å². The summed E-state index contributed by atoms with van der Waals surface area (Å²) in [6.07, 6.45) is 3.36. The van der Waals surface area contributed by atoms with Crippen LogP contribution in [0.25, 0.3) is 10.2 Å². The largest absolute Gasteiger partial charge is 0.397 e. The molecule has 3 aromatic heterocycles. The zero-order valence-electron chi connectivity index (χ0n) is 11.5. The molecule has 1 unspecified atom stereocenters. The minimum absolute atomic E-state index is 0.160. The molecule has 0 aliphatic rings. The number of nitrogen functional groups attached to an aromatic ring is 1. The summed E-state index contributed by atoms with van der Waals surface area (Å²) in [6, 6.07) is 1.60. The zero-order chi connectivity index (χ0) is 15.0. The number of hydrogen-bond acceptors (Lipinski definition) is 7. The molecule has 0 radical (unpaired) electrons. The zero-order valence-corrected chi connectivity index (χ0v) is 13.1. The Hall–Kier alpha value is -2.06. The molecule has 0 aliphatic carbocycles. The molecule has 0 aliphatic heterocycles. The summed E-state index contributed by atoms with van der Waals surface area (Å²) < 4.78 is 0. The Morgan fingerprint density at radius 1 is 1.43 bits per heavy atom. The molecule has 3 rings (SSSR count). The second kappa shape index (κ2) is 5.38. The molecule has 0 fully saturated rings. The van der Waals surface area contributed by atoms with Crippen LogP contribution in [-0.2, 0) is 0 Å². The monoisotopic (exact) mass is 319 g/mol. The highest BCUT2D eigenvalue weighted by Crippen LogP contribution is 2.32. The maximum absolute atomic E-state index is 12.4. The van der Waals surface area contributed by atoms with Crippen LogP contribution in [0.4, 0.5) is 5.69 Å². The Labute approximate surface area is 129 Å². The molecule has 0 aromatic carbocycles. The molecule has 3 N–H and O–H groups in total. The van der Waals surface area contributed by atoms with Gasteiger partial charge in [-0.25, -0.2) is 4.98 Å². The van der Waals surface area contributed by atoms with Crippen molar-refractivity contribution in [1.29, 1.82) is 0 Å². The number of rotatable bonds is 3. The van der Waals surface area contributed by atoms with E-state index in [1.807, 2.05) is 13.8 Å². The minimum Gasteiger partial charge on any atom is -0.397 e. The van der Waals surface area contributed by atoms with Gasteiger partial charge in [-0.15, -0.1) is 27.8 Å². The van der Waals surface area contributed by atoms with E-state index in [-0.39, 0.29) is 11.9 Å². The van der Waals surface area contributed by atoms with Gasteiger partial charge in [0.2, 0.25) is 0 Å². The average molecular weight is 319 g/mol.